The van der Waals surface area contributed by atoms with Gasteiger partial charge in [-0.3, -0.25) is 4.79 Å². The van der Waals surface area contributed by atoms with Crippen molar-refractivity contribution in [3.63, 3.8) is 0 Å². The number of aliphatic hydroxyl groups is 1. The van der Waals surface area contributed by atoms with Gasteiger partial charge in [0.15, 0.2) is 0 Å². The smallest absolute Gasteiger partial charge is 0.261 e. The maximum absolute atomic E-state index is 12.7. The molecule has 1 unspecified atom stereocenters. The van der Waals surface area contributed by atoms with Crippen LogP contribution in [0.25, 0.3) is 10.1 Å². The number of hydrogen-bond acceptors (Lipinski definition) is 7. The Balaban J connectivity index is 1.70. The molecule has 140 valence electrons. The first-order valence-corrected chi connectivity index (χ1v) is 9.63. The number of morpholine rings is 1. The highest BCUT2D eigenvalue weighted by Crippen LogP contribution is 2.38. The first kappa shape index (κ1) is 17.8. The van der Waals surface area contributed by atoms with Crippen LogP contribution >= 0.6 is 11.3 Å². The van der Waals surface area contributed by atoms with Crippen LogP contribution in [0.1, 0.15) is 21.3 Å². The largest absolute Gasteiger partial charge is 0.395 e. The van der Waals surface area contributed by atoms with Crippen LogP contribution in [0.4, 0.5) is 5.95 Å². The van der Waals surface area contributed by atoms with Gasteiger partial charge in [-0.05, 0) is 17.5 Å². The number of anilines is 1. The molecule has 4 rings (SSSR count). The summed E-state index contributed by atoms with van der Waals surface area (Å²) in [5, 5.41) is 12.8. The van der Waals surface area contributed by atoms with Gasteiger partial charge < -0.3 is 20.1 Å². The van der Waals surface area contributed by atoms with Gasteiger partial charge in [-0.1, -0.05) is 18.2 Å². The number of nitrogens with one attached hydrogen (secondary N) is 1. The lowest BCUT2D eigenvalue weighted by molar-refractivity contribution is 0.0396. The Labute approximate surface area is 160 Å². The van der Waals surface area contributed by atoms with Crippen molar-refractivity contribution in [2.45, 2.75) is 6.10 Å². The highest BCUT2D eigenvalue weighted by molar-refractivity contribution is 7.21. The number of fused-ring (bicyclic) bond motifs is 1. The fraction of sp³-hybridized carbons (Fsp3) is 0.316. The molecule has 1 fully saturated rings. The van der Waals surface area contributed by atoms with Crippen molar-refractivity contribution in [1.82, 2.24) is 15.3 Å². The number of thiophene rings is 1. The van der Waals surface area contributed by atoms with E-state index in [-0.39, 0.29) is 25.2 Å². The molecule has 1 atom stereocenters. The summed E-state index contributed by atoms with van der Waals surface area (Å²) in [5.74, 6) is 0.480. The predicted molar refractivity (Wildman–Crippen MR) is 104 cm³/mol. The third-order valence-electron chi connectivity index (χ3n) is 4.46. The normalized spacial score (nSPS) is 17.2. The van der Waals surface area contributed by atoms with E-state index in [1.54, 1.807) is 18.5 Å². The molecule has 1 aliphatic heterocycles. The van der Waals surface area contributed by atoms with Crippen LogP contribution in [-0.2, 0) is 4.74 Å². The summed E-state index contributed by atoms with van der Waals surface area (Å²) in [5.41, 5.74) is 0.895. The zero-order valence-corrected chi connectivity index (χ0v) is 15.5. The van der Waals surface area contributed by atoms with Gasteiger partial charge in [-0.25, -0.2) is 9.97 Å². The maximum atomic E-state index is 12.7. The van der Waals surface area contributed by atoms with E-state index >= 15 is 0 Å². The van der Waals surface area contributed by atoms with E-state index in [4.69, 9.17) is 9.84 Å². The fourth-order valence-electron chi connectivity index (χ4n) is 3.26. The zero-order valence-electron chi connectivity index (χ0n) is 14.7. The summed E-state index contributed by atoms with van der Waals surface area (Å²) in [4.78, 5) is 24.1. The van der Waals surface area contributed by atoms with E-state index in [1.165, 1.54) is 11.3 Å². The second-order valence-electron chi connectivity index (χ2n) is 6.17. The van der Waals surface area contributed by atoms with Gasteiger partial charge in [0.25, 0.3) is 5.91 Å². The first-order chi connectivity index (χ1) is 13.3. The van der Waals surface area contributed by atoms with Crippen LogP contribution in [0.2, 0.25) is 0 Å². The number of aliphatic hydroxyl groups excluding tert-OH is 1. The van der Waals surface area contributed by atoms with Crippen LogP contribution in [0, 0.1) is 0 Å². The number of carbonyl (C=O) groups is 1. The minimum Gasteiger partial charge on any atom is -0.395 e. The molecule has 0 bridgehead atoms. The molecule has 1 saturated heterocycles. The molecule has 0 spiro atoms. The van der Waals surface area contributed by atoms with Crippen molar-refractivity contribution in [2.24, 2.45) is 0 Å². The van der Waals surface area contributed by atoms with Crippen LogP contribution in [0.15, 0.2) is 42.7 Å². The molecule has 1 amide bonds. The average molecular weight is 384 g/mol. The number of benzene rings is 1. The van der Waals surface area contributed by atoms with Crippen LogP contribution in [0.5, 0.6) is 0 Å². The molecule has 3 heterocycles. The van der Waals surface area contributed by atoms with E-state index in [9.17, 15) is 4.79 Å². The topological polar surface area (TPSA) is 87.6 Å². The Hall–Kier alpha value is -2.55. The van der Waals surface area contributed by atoms with Crippen LogP contribution < -0.4 is 10.2 Å². The molecular formula is C19H20N4O3S. The van der Waals surface area contributed by atoms with E-state index in [2.05, 4.69) is 20.2 Å². The van der Waals surface area contributed by atoms with E-state index in [1.807, 2.05) is 24.3 Å². The molecular weight excluding hydrogens is 364 g/mol. The first-order valence-electron chi connectivity index (χ1n) is 8.82. The van der Waals surface area contributed by atoms with Gasteiger partial charge in [0.2, 0.25) is 5.95 Å². The molecule has 27 heavy (non-hydrogen) atoms. The van der Waals surface area contributed by atoms with Gasteiger partial charge in [-0.2, -0.15) is 0 Å². The summed E-state index contributed by atoms with van der Waals surface area (Å²) in [6.07, 6.45) is 3.19. The average Bonchev–Trinajstić information content (AvgIpc) is 3.12. The quantitative estimate of drug-likeness (QED) is 0.700. The maximum Gasteiger partial charge on any atom is 0.261 e. The zero-order chi connectivity index (χ0) is 18.6. The lowest BCUT2D eigenvalue weighted by Crippen LogP contribution is -2.40. The number of ether oxygens (including phenoxy) is 1. The Morgan fingerprint density at radius 1 is 1.30 bits per heavy atom. The Kier molecular flexibility index (Phi) is 5.28. The van der Waals surface area contributed by atoms with Crippen molar-refractivity contribution in [2.75, 3.05) is 37.7 Å². The molecule has 2 N–H and O–H groups in total. The number of hydrogen-bond donors (Lipinski definition) is 2. The van der Waals surface area contributed by atoms with Crippen LogP contribution in [-0.4, -0.2) is 53.8 Å². The van der Waals surface area contributed by atoms with Gasteiger partial charge in [0, 0.05) is 35.7 Å². The van der Waals surface area contributed by atoms with Gasteiger partial charge in [0.05, 0.1) is 24.6 Å². The molecule has 7 nitrogen and oxygen atoms in total. The monoisotopic (exact) mass is 384 g/mol. The van der Waals surface area contributed by atoms with Crippen molar-refractivity contribution < 1.29 is 14.6 Å². The summed E-state index contributed by atoms with van der Waals surface area (Å²) >= 11 is 1.45. The number of carbonyl (C=O) groups excluding carboxylic acids is 1. The Morgan fingerprint density at radius 2 is 2.11 bits per heavy atom. The third kappa shape index (κ3) is 3.64. The van der Waals surface area contributed by atoms with Gasteiger partial charge in [0.1, 0.15) is 6.10 Å². The van der Waals surface area contributed by atoms with Crippen molar-refractivity contribution in [3.8, 4) is 0 Å². The molecule has 1 aromatic carbocycles. The van der Waals surface area contributed by atoms with Crippen molar-refractivity contribution in [3.05, 3.63) is 53.2 Å². The fourth-order valence-corrected chi connectivity index (χ4v) is 4.43. The molecule has 8 heteroatoms. The highest BCUT2D eigenvalue weighted by Gasteiger charge is 2.30. The Morgan fingerprint density at radius 3 is 2.93 bits per heavy atom. The molecule has 1 aliphatic rings. The summed E-state index contributed by atoms with van der Waals surface area (Å²) in [7, 11) is 0. The standard InChI is InChI=1S/C19H20N4O3S/c24-10-8-20-18(25)17-16(13-4-1-2-5-15(13)27-17)14-12-23(9-11-26-14)19-21-6-3-7-22-19/h1-7,14,24H,8-12H2,(H,20,25). The highest BCUT2D eigenvalue weighted by atomic mass is 32.1. The molecule has 0 saturated carbocycles. The van der Waals surface area contributed by atoms with Crippen molar-refractivity contribution >= 4 is 33.3 Å². The minimum atomic E-state index is -0.256. The molecule has 0 aliphatic carbocycles. The molecule has 2 aromatic heterocycles. The van der Waals surface area contributed by atoms with Gasteiger partial charge in [-0.15, -0.1) is 11.3 Å². The summed E-state index contributed by atoms with van der Waals surface area (Å²) in [6.45, 7) is 1.94. The second kappa shape index (κ2) is 7.99. The lowest BCUT2D eigenvalue weighted by atomic mass is 10.0. The van der Waals surface area contributed by atoms with Crippen LogP contribution in [0.3, 0.4) is 0 Å². The lowest BCUT2D eigenvalue weighted by Gasteiger charge is -2.33. The number of amides is 1. The summed E-state index contributed by atoms with van der Waals surface area (Å²) < 4.78 is 7.10. The second-order valence-corrected chi connectivity index (χ2v) is 7.23. The minimum absolute atomic E-state index is 0.0922. The van der Waals surface area contributed by atoms with E-state index in [0.29, 0.717) is 30.5 Å². The predicted octanol–water partition coefficient (Wildman–Crippen LogP) is 1.99. The summed E-state index contributed by atoms with van der Waals surface area (Å²) in [6, 6.07) is 9.74. The van der Waals surface area contributed by atoms with E-state index in [0.717, 1.165) is 15.6 Å². The SMILES string of the molecule is O=C(NCCO)c1sc2ccccc2c1C1CN(c2ncccn2)CCO1. The third-order valence-corrected chi connectivity index (χ3v) is 5.65. The van der Waals surface area contributed by atoms with Crippen molar-refractivity contribution in [1.29, 1.82) is 0 Å². The number of rotatable bonds is 5. The number of aromatic nitrogens is 2. The van der Waals surface area contributed by atoms with Gasteiger partial charge >= 0.3 is 0 Å². The molecule has 3 aromatic rings. The van der Waals surface area contributed by atoms with E-state index < -0.39 is 0 Å². The molecule has 0 radical (unpaired) electrons. The Bertz CT molecular complexity index is 931. The number of nitrogens with zero attached hydrogens (tertiary/aromatic N) is 3.